The molecular weight excluding hydrogens is 387 g/mol. The van der Waals surface area contributed by atoms with Crippen molar-refractivity contribution in [3.05, 3.63) is 52.0 Å². The number of esters is 1. The molecule has 2 rings (SSSR count). The predicted molar refractivity (Wildman–Crippen MR) is 101 cm³/mol. The van der Waals surface area contributed by atoms with Crippen molar-refractivity contribution in [2.24, 2.45) is 0 Å². The Labute approximate surface area is 166 Å². The Bertz CT molecular complexity index is 943. The molecule has 9 heteroatoms. The van der Waals surface area contributed by atoms with Crippen LogP contribution in [0.25, 0.3) is 0 Å². The molecular formula is C20H22F3N3O3. The minimum absolute atomic E-state index is 0.0879. The summed E-state index contributed by atoms with van der Waals surface area (Å²) in [5.74, 6) is -0.477. The van der Waals surface area contributed by atoms with Crippen LogP contribution in [0, 0.1) is 13.8 Å². The van der Waals surface area contributed by atoms with E-state index in [4.69, 9.17) is 0 Å². The number of aromatic nitrogens is 2. The Morgan fingerprint density at radius 3 is 2.41 bits per heavy atom. The Balaban J connectivity index is 2.49. The van der Waals surface area contributed by atoms with Crippen LogP contribution >= 0.6 is 0 Å². The van der Waals surface area contributed by atoms with E-state index in [1.54, 1.807) is 19.9 Å². The van der Waals surface area contributed by atoms with Crippen molar-refractivity contribution in [1.29, 1.82) is 0 Å². The van der Waals surface area contributed by atoms with Crippen molar-refractivity contribution in [3.63, 3.8) is 0 Å². The highest BCUT2D eigenvalue weighted by Crippen LogP contribution is 2.35. The predicted octanol–water partition coefficient (Wildman–Crippen LogP) is 4.20. The van der Waals surface area contributed by atoms with Crippen LogP contribution in [-0.4, -0.2) is 28.8 Å². The number of ketones is 1. The van der Waals surface area contributed by atoms with E-state index in [0.29, 0.717) is 11.4 Å². The average Bonchev–Trinajstić information content (AvgIpc) is 2.59. The van der Waals surface area contributed by atoms with Crippen molar-refractivity contribution >= 4 is 17.6 Å². The third-order valence-electron chi connectivity index (χ3n) is 4.49. The van der Waals surface area contributed by atoms with Crippen LogP contribution in [0.1, 0.15) is 58.5 Å². The van der Waals surface area contributed by atoms with Gasteiger partial charge in [-0.1, -0.05) is 12.1 Å². The van der Waals surface area contributed by atoms with E-state index in [9.17, 15) is 22.8 Å². The minimum atomic E-state index is -4.47. The lowest BCUT2D eigenvalue weighted by atomic mass is 9.97. The van der Waals surface area contributed by atoms with E-state index in [0.717, 1.165) is 6.07 Å². The Hall–Kier alpha value is -2.97. The summed E-state index contributed by atoms with van der Waals surface area (Å²) in [6, 6.07) is 3.36. The largest absolute Gasteiger partial charge is 0.469 e. The third kappa shape index (κ3) is 5.10. The summed E-state index contributed by atoms with van der Waals surface area (Å²) in [5, 5.41) is 3.01. The molecule has 1 unspecified atom stereocenters. The van der Waals surface area contributed by atoms with E-state index in [1.165, 1.54) is 27.0 Å². The number of alkyl halides is 3. The van der Waals surface area contributed by atoms with Crippen molar-refractivity contribution in [2.45, 2.75) is 46.3 Å². The second-order valence-corrected chi connectivity index (χ2v) is 6.63. The SMILES string of the molecule is COC(=O)Cc1nc(C)nc(NC(C)c2cccc(C(F)(F)F)c2C)c1C(C)=O. The number of carbonyl (C=O) groups excluding carboxylic acids is 2. The summed E-state index contributed by atoms with van der Waals surface area (Å²) in [7, 11) is 1.22. The molecule has 0 saturated heterocycles. The van der Waals surface area contributed by atoms with Gasteiger partial charge >= 0.3 is 12.1 Å². The lowest BCUT2D eigenvalue weighted by Gasteiger charge is -2.22. The topological polar surface area (TPSA) is 81.2 Å². The maximum atomic E-state index is 13.2. The van der Waals surface area contributed by atoms with Crippen LogP contribution < -0.4 is 5.32 Å². The summed E-state index contributed by atoms with van der Waals surface area (Å²) in [6.45, 7) is 5.97. The number of methoxy groups -OCH3 is 1. The molecule has 1 heterocycles. The van der Waals surface area contributed by atoms with Crippen LogP contribution in [0.5, 0.6) is 0 Å². The first-order chi connectivity index (χ1) is 13.5. The standard InChI is InChI=1S/C20H22F3N3O3/c1-10-14(7-6-8-15(10)20(21,22)23)11(2)24-19-18(12(3)27)16(9-17(28)29-5)25-13(4)26-19/h6-8,11H,9H2,1-5H3,(H,24,25,26). The normalized spacial score (nSPS) is 12.4. The van der Waals surface area contributed by atoms with Crippen LogP contribution in [0.15, 0.2) is 18.2 Å². The van der Waals surface area contributed by atoms with Crippen molar-refractivity contribution in [1.82, 2.24) is 9.97 Å². The second kappa shape index (κ2) is 8.59. The number of Topliss-reactive ketones (excluding diaryl/α,β-unsaturated/α-hetero) is 1. The Kier molecular flexibility index (Phi) is 6.61. The van der Waals surface area contributed by atoms with Crippen molar-refractivity contribution < 1.29 is 27.5 Å². The van der Waals surface area contributed by atoms with E-state index < -0.39 is 23.8 Å². The Morgan fingerprint density at radius 2 is 1.86 bits per heavy atom. The number of aryl methyl sites for hydroxylation is 1. The summed E-state index contributed by atoms with van der Waals surface area (Å²) < 4.78 is 44.3. The molecule has 29 heavy (non-hydrogen) atoms. The van der Waals surface area contributed by atoms with Gasteiger partial charge in [0.2, 0.25) is 0 Å². The van der Waals surface area contributed by atoms with Gasteiger partial charge in [-0.15, -0.1) is 0 Å². The molecule has 2 aromatic rings. The molecule has 0 amide bonds. The summed E-state index contributed by atoms with van der Waals surface area (Å²) in [5.41, 5.74) is 0.0931. The first-order valence-electron chi connectivity index (χ1n) is 8.84. The zero-order valence-corrected chi connectivity index (χ0v) is 16.8. The fourth-order valence-corrected chi connectivity index (χ4v) is 3.15. The lowest BCUT2D eigenvalue weighted by molar-refractivity contribution is -0.140. The number of benzene rings is 1. The summed E-state index contributed by atoms with van der Waals surface area (Å²) >= 11 is 0. The highest BCUT2D eigenvalue weighted by Gasteiger charge is 2.33. The molecule has 1 aromatic carbocycles. The highest BCUT2D eigenvalue weighted by molar-refractivity contribution is 6.00. The quantitative estimate of drug-likeness (QED) is 0.569. The molecule has 0 fully saturated rings. The fraction of sp³-hybridized carbons (Fsp3) is 0.400. The Morgan fingerprint density at radius 1 is 1.21 bits per heavy atom. The van der Waals surface area contributed by atoms with Gasteiger partial charge in [0, 0.05) is 0 Å². The number of nitrogens with one attached hydrogen (secondary N) is 1. The van der Waals surface area contributed by atoms with E-state index in [1.807, 2.05) is 0 Å². The fourth-order valence-electron chi connectivity index (χ4n) is 3.15. The van der Waals surface area contributed by atoms with Gasteiger partial charge in [-0.05, 0) is 44.9 Å². The number of hydrogen-bond acceptors (Lipinski definition) is 6. The van der Waals surface area contributed by atoms with Gasteiger partial charge in [0.25, 0.3) is 0 Å². The number of hydrogen-bond donors (Lipinski definition) is 1. The first-order valence-corrected chi connectivity index (χ1v) is 8.84. The number of ether oxygens (including phenoxy) is 1. The van der Waals surface area contributed by atoms with Crippen molar-refractivity contribution in [3.8, 4) is 0 Å². The van der Waals surface area contributed by atoms with Crippen LogP contribution in [0.4, 0.5) is 19.0 Å². The molecule has 0 saturated carbocycles. The van der Waals surface area contributed by atoms with E-state index in [-0.39, 0.29) is 34.8 Å². The summed E-state index contributed by atoms with van der Waals surface area (Å²) in [6.07, 6.45) is -4.69. The molecule has 156 valence electrons. The zero-order chi connectivity index (χ0) is 21.9. The van der Waals surface area contributed by atoms with Crippen molar-refractivity contribution in [2.75, 3.05) is 12.4 Å². The molecule has 1 aromatic heterocycles. The molecule has 6 nitrogen and oxygen atoms in total. The molecule has 0 aliphatic rings. The molecule has 0 radical (unpaired) electrons. The summed E-state index contributed by atoms with van der Waals surface area (Å²) in [4.78, 5) is 32.3. The van der Waals surface area contributed by atoms with Gasteiger partial charge in [0.05, 0.1) is 36.4 Å². The number of halogens is 3. The molecule has 1 N–H and O–H groups in total. The number of carbonyl (C=O) groups is 2. The second-order valence-electron chi connectivity index (χ2n) is 6.63. The minimum Gasteiger partial charge on any atom is -0.469 e. The van der Waals surface area contributed by atoms with Crippen LogP contribution in [0.3, 0.4) is 0 Å². The first kappa shape index (κ1) is 22.3. The van der Waals surface area contributed by atoms with Gasteiger partial charge in [-0.2, -0.15) is 13.2 Å². The zero-order valence-electron chi connectivity index (χ0n) is 16.8. The smallest absolute Gasteiger partial charge is 0.416 e. The molecule has 0 aliphatic heterocycles. The van der Waals surface area contributed by atoms with Gasteiger partial charge in [-0.3, -0.25) is 9.59 Å². The van der Waals surface area contributed by atoms with Gasteiger partial charge in [0.15, 0.2) is 5.78 Å². The lowest BCUT2D eigenvalue weighted by Crippen LogP contribution is -2.19. The number of rotatable bonds is 6. The third-order valence-corrected chi connectivity index (χ3v) is 4.49. The molecule has 1 atom stereocenters. The maximum Gasteiger partial charge on any atom is 0.416 e. The van der Waals surface area contributed by atoms with Crippen LogP contribution in [-0.2, 0) is 22.1 Å². The van der Waals surface area contributed by atoms with Gasteiger partial charge in [0.1, 0.15) is 11.6 Å². The van der Waals surface area contributed by atoms with E-state index >= 15 is 0 Å². The number of nitrogens with zero attached hydrogens (tertiary/aromatic N) is 2. The molecule has 0 aliphatic carbocycles. The van der Waals surface area contributed by atoms with Gasteiger partial charge < -0.3 is 10.1 Å². The number of anilines is 1. The van der Waals surface area contributed by atoms with Gasteiger partial charge in [-0.25, -0.2) is 9.97 Å². The maximum absolute atomic E-state index is 13.2. The molecule has 0 bridgehead atoms. The molecule has 0 spiro atoms. The monoisotopic (exact) mass is 409 g/mol. The van der Waals surface area contributed by atoms with E-state index in [2.05, 4.69) is 20.0 Å². The average molecular weight is 409 g/mol. The highest BCUT2D eigenvalue weighted by atomic mass is 19.4. The van der Waals surface area contributed by atoms with Crippen LogP contribution in [0.2, 0.25) is 0 Å².